The van der Waals surface area contributed by atoms with Crippen LogP contribution in [0.5, 0.6) is 0 Å². The number of hydrogen-bond acceptors (Lipinski definition) is 4. The van der Waals surface area contributed by atoms with Gasteiger partial charge in [-0.15, -0.1) is 0 Å². The Labute approximate surface area is 122 Å². The molecule has 7 nitrogen and oxygen atoms in total. The third kappa shape index (κ3) is 3.84. The van der Waals surface area contributed by atoms with Gasteiger partial charge >= 0.3 is 6.03 Å². The highest BCUT2D eigenvalue weighted by molar-refractivity contribution is 6.06. The molecule has 2 heterocycles. The highest BCUT2D eigenvalue weighted by atomic mass is 16.3. The Morgan fingerprint density at radius 3 is 2.86 bits per heavy atom. The summed E-state index contributed by atoms with van der Waals surface area (Å²) in [5, 5.41) is 5.20. The Morgan fingerprint density at radius 2 is 2.24 bits per heavy atom. The Bertz CT molecular complexity index is 524. The number of carbonyl (C=O) groups excluding carboxylic acids is 3. The average molecular weight is 293 g/mol. The summed E-state index contributed by atoms with van der Waals surface area (Å²) in [4.78, 5) is 36.5. The normalized spacial score (nSPS) is 18.2. The first kappa shape index (κ1) is 15.1. The molecule has 1 aromatic rings. The molecule has 21 heavy (non-hydrogen) atoms. The van der Waals surface area contributed by atoms with Gasteiger partial charge in [0, 0.05) is 0 Å². The van der Waals surface area contributed by atoms with Crippen molar-refractivity contribution in [2.45, 2.75) is 32.9 Å². The molecule has 1 saturated heterocycles. The molecule has 0 saturated carbocycles. The summed E-state index contributed by atoms with van der Waals surface area (Å²) in [5.74, 6) is 0.146. The fourth-order valence-electron chi connectivity index (χ4n) is 2.16. The van der Waals surface area contributed by atoms with E-state index in [0.717, 1.165) is 4.90 Å². The molecule has 1 fully saturated rings. The number of furan rings is 1. The molecular formula is C14H19N3O4. The van der Waals surface area contributed by atoms with Crippen LogP contribution in [0, 0.1) is 5.92 Å². The third-order valence-electron chi connectivity index (χ3n) is 3.16. The van der Waals surface area contributed by atoms with Gasteiger partial charge in [0.25, 0.3) is 5.91 Å². The minimum Gasteiger partial charge on any atom is -0.467 e. The van der Waals surface area contributed by atoms with Crippen molar-refractivity contribution < 1.29 is 18.8 Å². The van der Waals surface area contributed by atoms with Crippen LogP contribution in [-0.4, -0.2) is 35.3 Å². The molecular weight excluding hydrogens is 274 g/mol. The Kier molecular flexibility index (Phi) is 4.62. The second-order valence-electron chi connectivity index (χ2n) is 5.41. The summed E-state index contributed by atoms with van der Waals surface area (Å²) in [6, 6.07) is 2.40. The zero-order valence-corrected chi connectivity index (χ0v) is 12.1. The molecule has 0 radical (unpaired) electrons. The van der Waals surface area contributed by atoms with Crippen LogP contribution in [0.3, 0.4) is 0 Å². The largest absolute Gasteiger partial charge is 0.467 e. The number of hydrogen-bond donors (Lipinski definition) is 2. The van der Waals surface area contributed by atoms with Crippen molar-refractivity contribution in [3.63, 3.8) is 0 Å². The number of carbonyl (C=O) groups is 3. The highest BCUT2D eigenvalue weighted by Crippen LogP contribution is 2.13. The minimum atomic E-state index is -0.532. The van der Waals surface area contributed by atoms with E-state index in [9.17, 15) is 14.4 Å². The zero-order valence-electron chi connectivity index (χ0n) is 12.1. The quantitative estimate of drug-likeness (QED) is 0.761. The van der Waals surface area contributed by atoms with E-state index in [1.54, 1.807) is 12.1 Å². The lowest BCUT2D eigenvalue weighted by atomic mass is 10.0. The van der Waals surface area contributed by atoms with Gasteiger partial charge in [-0.3, -0.25) is 14.5 Å². The molecule has 1 atom stereocenters. The van der Waals surface area contributed by atoms with E-state index >= 15 is 0 Å². The highest BCUT2D eigenvalue weighted by Gasteiger charge is 2.38. The first-order valence-electron chi connectivity index (χ1n) is 6.88. The van der Waals surface area contributed by atoms with E-state index in [1.165, 1.54) is 6.26 Å². The van der Waals surface area contributed by atoms with E-state index in [-0.39, 0.29) is 24.9 Å². The van der Waals surface area contributed by atoms with Crippen LogP contribution in [0.4, 0.5) is 4.79 Å². The van der Waals surface area contributed by atoms with E-state index in [0.29, 0.717) is 12.2 Å². The molecule has 0 aliphatic carbocycles. The van der Waals surface area contributed by atoms with Gasteiger partial charge < -0.3 is 15.1 Å². The van der Waals surface area contributed by atoms with E-state index < -0.39 is 18.0 Å². The maximum atomic E-state index is 12.1. The monoisotopic (exact) mass is 293 g/mol. The molecule has 0 bridgehead atoms. The van der Waals surface area contributed by atoms with Crippen molar-refractivity contribution in [2.24, 2.45) is 5.92 Å². The Hall–Kier alpha value is -2.31. The summed E-state index contributed by atoms with van der Waals surface area (Å²) in [6.07, 6.45) is 2.07. The zero-order chi connectivity index (χ0) is 15.4. The average Bonchev–Trinajstić information content (AvgIpc) is 3.00. The second kappa shape index (κ2) is 6.43. The maximum absolute atomic E-state index is 12.1. The van der Waals surface area contributed by atoms with Crippen molar-refractivity contribution in [1.29, 1.82) is 0 Å². The van der Waals surface area contributed by atoms with Gasteiger partial charge in [0.1, 0.15) is 18.3 Å². The van der Waals surface area contributed by atoms with Crippen molar-refractivity contribution in [3.05, 3.63) is 24.2 Å². The van der Waals surface area contributed by atoms with Crippen LogP contribution in [0.2, 0.25) is 0 Å². The summed E-state index contributed by atoms with van der Waals surface area (Å²) >= 11 is 0. The van der Waals surface area contributed by atoms with Gasteiger partial charge in [-0.2, -0.15) is 0 Å². The van der Waals surface area contributed by atoms with Crippen LogP contribution < -0.4 is 10.6 Å². The first-order valence-corrected chi connectivity index (χ1v) is 6.88. The van der Waals surface area contributed by atoms with Gasteiger partial charge in [-0.1, -0.05) is 13.8 Å². The lowest BCUT2D eigenvalue weighted by Crippen LogP contribution is -2.41. The van der Waals surface area contributed by atoms with Crippen LogP contribution in [0.15, 0.2) is 22.8 Å². The minimum absolute atomic E-state index is 0.227. The van der Waals surface area contributed by atoms with Crippen LogP contribution >= 0.6 is 0 Å². The van der Waals surface area contributed by atoms with Gasteiger partial charge in [0.2, 0.25) is 5.91 Å². The number of nitrogens with zero attached hydrogens (tertiary/aromatic N) is 1. The molecule has 0 unspecified atom stereocenters. The molecule has 4 amide bonds. The summed E-state index contributed by atoms with van der Waals surface area (Å²) < 4.78 is 5.08. The summed E-state index contributed by atoms with van der Waals surface area (Å²) in [7, 11) is 0. The lowest BCUT2D eigenvalue weighted by Gasteiger charge is -2.13. The standard InChI is InChI=1S/C14H19N3O4/c1-9(2)6-11-13(19)17(14(20)16-11)8-12(18)15-7-10-4-3-5-21-10/h3-5,9,11H,6-8H2,1-2H3,(H,15,18)(H,16,20)/t11-/m1/s1. The molecule has 114 valence electrons. The van der Waals surface area contributed by atoms with E-state index in [2.05, 4.69) is 10.6 Å². The number of amides is 4. The van der Waals surface area contributed by atoms with Crippen molar-refractivity contribution >= 4 is 17.8 Å². The van der Waals surface area contributed by atoms with Crippen LogP contribution in [0.25, 0.3) is 0 Å². The molecule has 2 N–H and O–H groups in total. The smallest absolute Gasteiger partial charge is 0.325 e. The number of rotatable bonds is 6. The van der Waals surface area contributed by atoms with Gasteiger partial charge in [0.05, 0.1) is 12.8 Å². The third-order valence-corrected chi connectivity index (χ3v) is 3.16. The lowest BCUT2D eigenvalue weighted by molar-refractivity contribution is -0.132. The summed E-state index contributed by atoms with van der Waals surface area (Å²) in [6.45, 7) is 3.89. The van der Waals surface area contributed by atoms with Crippen molar-refractivity contribution in [1.82, 2.24) is 15.5 Å². The van der Waals surface area contributed by atoms with E-state index in [1.807, 2.05) is 13.8 Å². The molecule has 1 aliphatic heterocycles. The number of urea groups is 1. The van der Waals surface area contributed by atoms with E-state index in [4.69, 9.17) is 4.42 Å². The Balaban J connectivity index is 1.85. The molecule has 0 aromatic carbocycles. The van der Waals surface area contributed by atoms with Crippen LogP contribution in [0.1, 0.15) is 26.0 Å². The SMILES string of the molecule is CC(C)C[C@H]1NC(=O)N(CC(=O)NCc2ccco2)C1=O. The maximum Gasteiger partial charge on any atom is 0.325 e. The fourth-order valence-corrected chi connectivity index (χ4v) is 2.16. The van der Waals surface area contributed by atoms with Gasteiger partial charge in [-0.25, -0.2) is 4.79 Å². The predicted octanol–water partition coefficient (Wildman–Crippen LogP) is 0.862. The van der Waals surface area contributed by atoms with Gasteiger partial charge in [-0.05, 0) is 24.5 Å². The number of nitrogens with one attached hydrogen (secondary N) is 2. The number of imide groups is 1. The molecule has 2 rings (SSSR count). The molecule has 1 aromatic heterocycles. The fraction of sp³-hybridized carbons (Fsp3) is 0.500. The van der Waals surface area contributed by atoms with Crippen LogP contribution in [-0.2, 0) is 16.1 Å². The summed E-state index contributed by atoms with van der Waals surface area (Å²) in [5.41, 5.74) is 0. The molecule has 0 spiro atoms. The molecule has 1 aliphatic rings. The second-order valence-corrected chi connectivity index (χ2v) is 5.41. The Morgan fingerprint density at radius 1 is 1.48 bits per heavy atom. The topological polar surface area (TPSA) is 91.7 Å². The van der Waals surface area contributed by atoms with Crippen molar-refractivity contribution in [3.8, 4) is 0 Å². The van der Waals surface area contributed by atoms with Gasteiger partial charge in [0.15, 0.2) is 0 Å². The van der Waals surface area contributed by atoms with Crippen molar-refractivity contribution in [2.75, 3.05) is 6.54 Å². The predicted molar refractivity (Wildman–Crippen MR) is 74.0 cm³/mol. The molecule has 7 heteroatoms. The first-order chi connectivity index (χ1) is 9.97.